The summed E-state index contributed by atoms with van der Waals surface area (Å²) in [6, 6.07) is 14.8. The number of aromatic nitrogens is 3. The fourth-order valence-electron chi connectivity index (χ4n) is 3.14. The Morgan fingerprint density at radius 2 is 2.00 bits per heavy atom. The standard InChI is InChI=1S/C19H17N5O2/c1-23(11-14-5-2-4-13-6-3-9-20-19(13)14)12-18-21-16-8-7-15(24(25)26)10-17(16)22-18/h2-10H,11-12H2,1H3,(H,21,22). The molecule has 0 spiro atoms. The average molecular weight is 347 g/mol. The molecule has 2 heterocycles. The van der Waals surface area contributed by atoms with Gasteiger partial charge in [-0.15, -0.1) is 0 Å². The van der Waals surface area contributed by atoms with Crippen LogP contribution in [0.25, 0.3) is 21.9 Å². The van der Waals surface area contributed by atoms with Gasteiger partial charge in [-0.2, -0.15) is 0 Å². The Kier molecular flexibility index (Phi) is 4.06. The normalized spacial score (nSPS) is 11.5. The van der Waals surface area contributed by atoms with Crippen molar-refractivity contribution in [2.45, 2.75) is 13.1 Å². The number of imidazole rings is 1. The number of rotatable bonds is 5. The van der Waals surface area contributed by atoms with Gasteiger partial charge in [-0.05, 0) is 24.7 Å². The molecule has 7 heteroatoms. The van der Waals surface area contributed by atoms with Crippen molar-refractivity contribution in [3.63, 3.8) is 0 Å². The SMILES string of the molecule is CN(Cc1nc2ccc([N+](=O)[O-])cc2[nH]1)Cc1cccc2cccnc12. The summed E-state index contributed by atoms with van der Waals surface area (Å²) < 4.78 is 0. The molecule has 0 unspecified atom stereocenters. The third-order valence-electron chi connectivity index (χ3n) is 4.30. The lowest BCUT2D eigenvalue weighted by molar-refractivity contribution is -0.384. The molecular weight excluding hydrogens is 330 g/mol. The van der Waals surface area contributed by atoms with Crippen molar-refractivity contribution in [2.24, 2.45) is 0 Å². The van der Waals surface area contributed by atoms with E-state index in [4.69, 9.17) is 0 Å². The molecule has 2 aromatic heterocycles. The van der Waals surface area contributed by atoms with Crippen molar-refractivity contribution in [3.05, 3.63) is 76.2 Å². The highest BCUT2D eigenvalue weighted by atomic mass is 16.6. The molecule has 0 aliphatic carbocycles. The largest absolute Gasteiger partial charge is 0.341 e. The summed E-state index contributed by atoms with van der Waals surface area (Å²) in [7, 11) is 2.01. The van der Waals surface area contributed by atoms with Crippen LogP contribution in [0.1, 0.15) is 11.4 Å². The number of non-ortho nitro benzene ring substituents is 1. The van der Waals surface area contributed by atoms with Crippen LogP contribution >= 0.6 is 0 Å². The number of nitrogens with zero attached hydrogens (tertiary/aromatic N) is 4. The Bertz CT molecular complexity index is 1100. The third kappa shape index (κ3) is 3.12. The van der Waals surface area contributed by atoms with E-state index in [0.29, 0.717) is 12.1 Å². The molecule has 130 valence electrons. The number of fused-ring (bicyclic) bond motifs is 2. The number of H-pyrrole nitrogens is 1. The predicted octanol–water partition coefficient (Wildman–Crippen LogP) is 3.65. The number of aromatic amines is 1. The first-order chi connectivity index (χ1) is 12.6. The van der Waals surface area contributed by atoms with Gasteiger partial charge in [0.1, 0.15) is 5.82 Å². The zero-order valence-electron chi connectivity index (χ0n) is 14.2. The summed E-state index contributed by atoms with van der Waals surface area (Å²) in [6.45, 7) is 1.33. The Labute approximate surface area is 149 Å². The quantitative estimate of drug-likeness (QED) is 0.440. The molecule has 2 aromatic carbocycles. The maximum Gasteiger partial charge on any atom is 0.271 e. The Balaban J connectivity index is 1.55. The molecule has 0 atom stereocenters. The molecule has 0 saturated carbocycles. The summed E-state index contributed by atoms with van der Waals surface area (Å²) in [5, 5.41) is 12.0. The molecule has 0 amide bonds. The van der Waals surface area contributed by atoms with E-state index >= 15 is 0 Å². The molecule has 0 fully saturated rings. The van der Waals surface area contributed by atoms with E-state index in [1.807, 2.05) is 19.2 Å². The van der Waals surface area contributed by atoms with Crippen molar-refractivity contribution < 1.29 is 4.92 Å². The van der Waals surface area contributed by atoms with Gasteiger partial charge < -0.3 is 4.98 Å². The number of benzene rings is 2. The number of nitrogens with one attached hydrogen (secondary N) is 1. The second-order valence-electron chi connectivity index (χ2n) is 6.31. The van der Waals surface area contributed by atoms with Crippen LogP contribution in [0, 0.1) is 10.1 Å². The van der Waals surface area contributed by atoms with E-state index in [-0.39, 0.29) is 5.69 Å². The van der Waals surface area contributed by atoms with E-state index in [2.05, 4.69) is 38.1 Å². The van der Waals surface area contributed by atoms with Crippen LogP contribution in [-0.2, 0) is 13.1 Å². The molecular formula is C19H17N5O2. The lowest BCUT2D eigenvalue weighted by Gasteiger charge is -2.16. The molecule has 4 aromatic rings. The van der Waals surface area contributed by atoms with Gasteiger partial charge in [0.25, 0.3) is 5.69 Å². The van der Waals surface area contributed by atoms with Crippen LogP contribution in [0.4, 0.5) is 5.69 Å². The number of nitro groups is 1. The van der Waals surface area contributed by atoms with Gasteiger partial charge in [-0.1, -0.05) is 24.3 Å². The highest BCUT2D eigenvalue weighted by molar-refractivity contribution is 5.81. The van der Waals surface area contributed by atoms with Crippen LogP contribution < -0.4 is 0 Å². The molecule has 0 bridgehead atoms. The first-order valence-corrected chi connectivity index (χ1v) is 8.24. The minimum Gasteiger partial charge on any atom is -0.341 e. The lowest BCUT2D eigenvalue weighted by Crippen LogP contribution is -2.18. The van der Waals surface area contributed by atoms with Crippen molar-refractivity contribution in [2.75, 3.05) is 7.05 Å². The molecule has 0 aliphatic heterocycles. The molecule has 26 heavy (non-hydrogen) atoms. The number of hydrogen-bond acceptors (Lipinski definition) is 5. The lowest BCUT2D eigenvalue weighted by atomic mass is 10.1. The number of hydrogen-bond donors (Lipinski definition) is 1. The first kappa shape index (κ1) is 16.2. The molecule has 7 nitrogen and oxygen atoms in total. The fraction of sp³-hybridized carbons (Fsp3) is 0.158. The maximum absolute atomic E-state index is 10.9. The average Bonchev–Trinajstić information content (AvgIpc) is 3.03. The summed E-state index contributed by atoms with van der Waals surface area (Å²) >= 11 is 0. The van der Waals surface area contributed by atoms with E-state index in [9.17, 15) is 10.1 Å². The zero-order valence-corrected chi connectivity index (χ0v) is 14.2. The molecule has 4 rings (SSSR count). The fourth-order valence-corrected chi connectivity index (χ4v) is 3.14. The maximum atomic E-state index is 10.9. The van der Waals surface area contributed by atoms with Gasteiger partial charge in [-0.3, -0.25) is 20.0 Å². The number of para-hydroxylation sites is 1. The van der Waals surface area contributed by atoms with Crippen molar-refractivity contribution in [1.82, 2.24) is 19.9 Å². The summed E-state index contributed by atoms with van der Waals surface area (Å²) in [5.74, 6) is 0.774. The van der Waals surface area contributed by atoms with Crippen molar-refractivity contribution in [3.8, 4) is 0 Å². The van der Waals surface area contributed by atoms with Crippen LogP contribution in [-0.4, -0.2) is 31.8 Å². The number of nitro benzene ring substituents is 1. The van der Waals surface area contributed by atoms with Gasteiger partial charge in [0.15, 0.2) is 0 Å². The summed E-state index contributed by atoms with van der Waals surface area (Å²) in [6.07, 6.45) is 1.80. The Morgan fingerprint density at radius 1 is 1.15 bits per heavy atom. The smallest absolute Gasteiger partial charge is 0.271 e. The van der Waals surface area contributed by atoms with Crippen molar-refractivity contribution >= 4 is 27.6 Å². The second-order valence-corrected chi connectivity index (χ2v) is 6.31. The molecule has 0 radical (unpaired) electrons. The van der Waals surface area contributed by atoms with E-state index in [0.717, 1.165) is 34.4 Å². The molecule has 1 N–H and O–H groups in total. The minimum atomic E-state index is -0.403. The van der Waals surface area contributed by atoms with Gasteiger partial charge in [-0.25, -0.2) is 4.98 Å². The van der Waals surface area contributed by atoms with Crippen LogP contribution in [0.5, 0.6) is 0 Å². The van der Waals surface area contributed by atoms with Gasteiger partial charge in [0, 0.05) is 30.3 Å². The van der Waals surface area contributed by atoms with E-state index in [1.54, 1.807) is 12.3 Å². The minimum absolute atomic E-state index is 0.0582. The van der Waals surface area contributed by atoms with Gasteiger partial charge >= 0.3 is 0 Å². The topological polar surface area (TPSA) is 88.0 Å². The summed E-state index contributed by atoms with van der Waals surface area (Å²) in [4.78, 5) is 24.8. The highest BCUT2D eigenvalue weighted by Crippen LogP contribution is 2.21. The summed E-state index contributed by atoms with van der Waals surface area (Å²) in [5.41, 5.74) is 3.61. The monoisotopic (exact) mass is 347 g/mol. The van der Waals surface area contributed by atoms with E-state index < -0.39 is 4.92 Å². The van der Waals surface area contributed by atoms with Gasteiger partial charge in [0.2, 0.25) is 0 Å². The second kappa shape index (κ2) is 6.53. The molecule has 0 aliphatic rings. The van der Waals surface area contributed by atoms with Gasteiger partial charge in [0.05, 0.1) is 28.0 Å². The third-order valence-corrected chi connectivity index (χ3v) is 4.30. The van der Waals surface area contributed by atoms with E-state index in [1.165, 1.54) is 12.1 Å². The first-order valence-electron chi connectivity index (χ1n) is 8.24. The van der Waals surface area contributed by atoms with Crippen LogP contribution in [0.3, 0.4) is 0 Å². The van der Waals surface area contributed by atoms with Crippen molar-refractivity contribution in [1.29, 1.82) is 0 Å². The highest BCUT2D eigenvalue weighted by Gasteiger charge is 2.12. The zero-order chi connectivity index (χ0) is 18.1. The Morgan fingerprint density at radius 3 is 2.85 bits per heavy atom. The Hall–Kier alpha value is -3.32. The van der Waals surface area contributed by atoms with Crippen LogP contribution in [0.15, 0.2) is 54.7 Å². The molecule has 0 saturated heterocycles. The van der Waals surface area contributed by atoms with Crippen LogP contribution in [0.2, 0.25) is 0 Å². The number of pyridine rings is 1. The predicted molar refractivity (Wildman–Crippen MR) is 99.7 cm³/mol.